The lowest BCUT2D eigenvalue weighted by molar-refractivity contribution is -0.138. The number of carboxylic acid groups (broad SMARTS) is 1. The maximum atomic E-state index is 10.0. The van der Waals surface area contributed by atoms with Crippen molar-refractivity contribution in [1.29, 1.82) is 0 Å². The zero-order chi connectivity index (χ0) is 18.5. The van der Waals surface area contributed by atoms with Crippen LogP contribution in [0.5, 0.6) is 0 Å². The molecule has 0 amide bonds. The molecule has 1 aliphatic heterocycles. The minimum absolute atomic E-state index is 0.464. The minimum atomic E-state index is -5.05. The second-order valence-corrected chi connectivity index (χ2v) is 7.01. The summed E-state index contributed by atoms with van der Waals surface area (Å²) in [5.74, 6) is -0.955. The van der Waals surface area contributed by atoms with Gasteiger partial charge in [0.1, 0.15) is 6.04 Å². The van der Waals surface area contributed by atoms with Gasteiger partial charge in [0.2, 0.25) is 0 Å². The molecule has 0 aromatic carbocycles. The molecular weight excluding hydrogens is 356 g/mol. The third kappa shape index (κ3) is 24.0. The first-order valence-electron chi connectivity index (χ1n) is 6.60. The van der Waals surface area contributed by atoms with E-state index in [2.05, 4.69) is 9.63 Å². The van der Waals surface area contributed by atoms with Crippen LogP contribution in [0.2, 0.25) is 0 Å². The normalized spacial score (nSPS) is 15.7. The Morgan fingerprint density at radius 1 is 1.13 bits per heavy atom. The van der Waals surface area contributed by atoms with Crippen LogP contribution in [-0.2, 0) is 18.2 Å². The van der Waals surface area contributed by atoms with Gasteiger partial charge in [-0.1, -0.05) is 0 Å². The molecule has 12 nitrogen and oxygen atoms in total. The molecule has 0 aliphatic carbocycles. The highest BCUT2D eigenvalue weighted by atomic mass is 31.3. The monoisotopic (exact) mass is 381 g/mol. The van der Waals surface area contributed by atoms with Crippen LogP contribution in [0.1, 0.15) is 25.7 Å². The highest BCUT2D eigenvalue weighted by Crippen LogP contribution is 2.53. The van der Waals surface area contributed by atoms with Gasteiger partial charge in [-0.15, -0.1) is 0 Å². The number of hydrogen-bond donors (Lipinski definition) is 8. The number of phosphoric acid groups is 2. The zero-order valence-corrected chi connectivity index (χ0v) is 14.2. The van der Waals surface area contributed by atoms with Crippen LogP contribution in [0.4, 0.5) is 0 Å². The van der Waals surface area contributed by atoms with Gasteiger partial charge in [-0.05, 0) is 45.3 Å². The van der Waals surface area contributed by atoms with Gasteiger partial charge in [-0.25, -0.2) is 9.13 Å². The van der Waals surface area contributed by atoms with Gasteiger partial charge in [0.15, 0.2) is 0 Å². The Kier molecular flexibility index (Phi) is 14.0. The van der Waals surface area contributed by atoms with Crippen molar-refractivity contribution in [3.05, 3.63) is 0 Å². The Bertz CT molecular complexity index is 379. The van der Waals surface area contributed by atoms with E-state index in [0.717, 1.165) is 0 Å². The lowest BCUT2D eigenvalue weighted by Crippen LogP contribution is -2.30. The van der Waals surface area contributed by atoms with Crippen LogP contribution in [-0.4, -0.2) is 56.3 Å². The van der Waals surface area contributed by atoms with Gasteiger partial charge >= 0.3 is 21.6 Å². The third-order valence-electron chi connectivity index (χ3n) is 2.21. The lowest BCUT2D eigenvalue weighted by Gasteiger charge is -2.03. The van der Waals surface area contributed by atoms with Crippen molar-refractivity contribution < 1.29 is 42.9 Å². The Labute approximate surface area is 133 Å². The summed E-state index contributed by atoms with van der Waals surface area (Å²) in [7, 11) is -10.1. The summed E-state index contributed by atoms with van der Waals surface area (Å²) in [6, 6.07) is -0.742. The summed E-state index contributed by atoms with van der Waals surface area (Å²) in [6.07, 6.45) is 3.92. The van der Waals surface area contributed by atoms with Gasteiger partial charge in [0, 0.05) is 0 Å². The zero-order valence-electron chi connectivity index (χ0n) is 12.4. The molecular formula is C9H25N3O9P2. The molecule has 1 rings (SSSR count). The number of nitrogens with one attached hydrogen (secondary N) is 1. The van der Waals surface area contributed by atoms with Crippen molar-refractivity contribution >= 4 is 21.6 Å². The molecule has 0 radical (unpaired) electrons. The van der Waals surface area contributed by atoms with E-state index in [1.54, 1.807) is 0 Å². The standard InChI is InChI=1S/C5H12N2O2.C4H9N.H4O7P2/c6-3-1-2-4(7)5(8)9;1-2-4-5-3-1;1-8(2,3)7-9(4,5)6/h4H,1-3,6-7H2,(H,8,9);5H,1-4H2;(H2,1,2,3)(H2,4,5,6). The first kappa shape index (κ1) is 24.9. The molecule has 1 atom stereocenters. The van der Waals surface area contributed by atoms with Crippen LogP contribution in [0.15, 0.2) is 0 Å². The van der Waals surface area contributed by atoms with Crippen LogP contribution in [0.3, 0.4) is 0 Å². The van der Waals surface area contributed by atoms with Crippen molar-refractivity contribution in [2.75, 3.05) is 19.6 Å². The molecule has 0 aromatic rings. The van der Waals surface area contributed by atoms with Crippen molar-refractivity contribution in [2.24, 2.45) is 11.5 Å². The predicted molar refractivity (Wildman–Crippen MR) is 81.2 cm³/mol. The van der Waals surface area contributed by atoms with Crippen LogP contribution < -0.4 is 16.8 Å². The van der Waals surface area contributed by atoms with Gasteiger partial charge < -0.3 is 41.5 Å². The van der Waals surface area contributed by atoms with E-state index in [9.17, 15) is 13.9 Å². The van der Waals surface area contributed by atoms with E-state index in [1.807, 2.05) is 0 Å². The average molecular weight is 381 g/mol. The van der Waals surface area contributed by atoms with E-state index in [-0.39, 0.29) is 0 Å². The second-order valence-electron chi connectivity index (χ2n) is 4.40. The minimum Gasteiger partial charge on any atom is -0.480 e. The predicted octanol–water partition coefficient (Wildman–Crippen LogP) is -1.30. The molecule has 1 saturated heterocycles. The molecule has 14 heteroatoms. The first-order chi connectivity index (χ1) is 10.4. The van der Waals surface area contributed by atoms with E-state index in [0.29, 0.717) is 19.4 Å². The molecule has 1 heterocycles. The van der Waals surface area contributed by atoms with E-state index in [4.69, 9.17) is 36.1 Å². The number of hydrogen-bond acceptors (Lipinski definition) is 7. The molecule has 0 saturated carbocycles. The van der Waals surface area contributed by atoms with Crippen LogP contribution in [0, 0.1) is 0 Å². The Morgan fingerprint density at radius 3 is 1.74 bits per heavy atom. The molecule has 10 N–H and O–H groups in total. The Balaban J connectivity index is 0. The van der Waals surface area contributed by atoms with Crippen LogP contribution >= 0.6 is 15.6 Å². The summed E-state index contributed by atoms with van der Waals surface area (Å²) < 4.78 is 22.2. The van der Waals surface area contributed by atoms with Crippen molar-refractivity contribution in [1.82, 2.24) is 5.32 Å². The first-order valence-corrected chi connectivity index (χ1v) is 9.66. The molecule has 1 aliphatic rings. The second kappa shape index (κ2) is 13.0. The van der Waals surface area contributed by atoms with E-state index >= 15 is 0 Å². The fraction of sp³-hybridized carbons (Fsp3) is 0.889. The number of carboxylic acids is 1. The fourth-order valence-electron chi connectivity index (χ4n) is 1.22. The largest absolute Gasteiger partial charge is 0.480 e. The third-order valence-corrected chi connectivity index (χ3v) is 3.91. The van der Waals surface area contributed by atoms with Gasteiger partial charge in [-0.3, -0.25) is 4.79 Å². The molecule has 0 spiro atoms. The molecule has 0 bridgehead atoms. The molecule has 0 aromatic heterocycles. The lowest BCUT2D eigenvalue weighted by atomic mass is 10.2. The Morgan fingerprint density at radius 2 is 1.57 bits per heavy atom. The molecule has 1 unspecified atom stereocenters. The number of nitrogens with two attached hydrogens (primary N) is 2. The van der Waals surface area contributed by atoms with E-state index in [1.165, 1.54) is 25.9 Å². The number of carbonyl (C=O) groups is 1. The summed E-state index contributed by atoms with van der Waals surface area (Å²) in [5, 5.41) is 11.5. The molecule has 23 heavy (non-hydrogen) atoms. The maximum Gasteiger partial charge on any atom is 0.478 e. The SMILES string of the molecule is C1CCNC1.NCCCC(N)C(=O)O.O=P(O)(O)OP(=O)(O)O. The van der Waals surface area contributed by atoms with Gasteiger partial charge in [-0.2, -0.15) is 4.31 Å². The van der Waals surface area contributed by atoms with Gasteiger partial charge in [0.05, 0.1) is 0 Å². The van der Waals surface area contributed by atoms with E-state index < -0.39 is 27.7 Å². The van der Waals surface area contributed by atoms with Crippen LogP contribution in [0.25, 0.3) is 0 Å². The summed E-state index contributed by atoms with van der Waals surface area (Å²) in [4.78, 5) is 41.0. The highest BCUT2D eigenvalue weighted by molar-refractivity contribution is 7.60. The maximum absolute atomic E-state index is 10.0. The fourth-order valence-corrected chi connectivity index (χ4v) is 2.33. The molecule has 140 valence electrons. The van der Waals surface area contributed by atoms with Crippen molar-refractivity contribution in [3.8, 4) is 0 Å². The summed E-state index contributed by atoms with van der Waals surface area (Å²) in [6.45, 7) is 3.00. The number of rotatable bonds is 6. The van der Waals surface area contributed by atoms with Gasteiger partial charge in [0.25, 0.3) is 0 Å². The highest BCUT2D eigenvalue weighted by Gasteiger charge is 2.27. The number of aliphatic carboxylic acids is 1. The van der Waals surface area contributed by atoms with Crippen molar-refractivity contribution in [2.45, 2.75) is 31.7 Å². The Hall–Kier alpha value is -0.390. The quantitative estimate of drug-likeness (QED) is 0.251. The van der Waals surface area contributed by atoms with Crippen molar-refractivity contribution in [3.63, 3.8) is 0 Å². The summed E-state index contributed by atoms with van der Waals surface area (Å²) in [5.41, 5.74) is 10.3. The summed E-state index contributed by atoms with van der Waals surface area (Å²) >= 11 is 0. The average Bonchev–Trinajstić information content (AvgIpc) is 2.90. The topological polar surface area (TPSA) is 226 Å². The smallest absolute Gasteiger partial charge is 0.478 e. The molecule has 1 fully saturated rings.